The molecular formula is C16H18BrNO3S. The van der Waals surface area contributed by atoms with Gasteiger partial charge in [0.05, 0.1) is 5.75 Å². The summed E-state index contributed by atoms with van der Waals surface area (Å²) >= 11 is 3.34. The summed E-state index contributed by atoms with van der Waals surface area (Å²) in [6, 6.07) is 17.0. The highest BCUT2D eigenvalue weighted by Crippen LogP contribution is 2.15. The van der Waals surface area contributed by atoms with E-state index in [1.807, 2.05) is 54.6 Å². The Balaban J connectivity index is 1.70. The first-order valence-electron chi connectivity index (χ1n) is 6.95. The quantitative estimate of drug-likeness (QED) is 0.712. The van der Waals surface area contributed by atoms with Gasteiger partial charge in [-0.15, -0.1) is 0 Å². The highest BCUT2D eigenvalue weighted by Gasteiger charge is 2.09. The number of nitrogens with one attached hydrogen (secondary N) is 1. The smallest absolute Gasteiger partial charge is 0.212 e. The summed E-state index contributed by atoms with van der Waals surface area (Å²) < 4.78 is 32.8. The third-order valence-electron chi connectivity index (χ3n) is 3.01. The third kappa shape index (κ3) is 6.17. The monoisotopic (exact) mass is 383 g/mol. The third-order valence-corrected chi connectivity index (χ3v) is 4.92. The number of benzene rings is 2. The summed E-state index contributed by atoms with van der Waals surface area (Å²) in [5.74, 6) is 0.793. The minimum atomic E-state index is -3.28. The molecule has 0 amide bonds. The van der Waals surface area contributed by atoms with Crippen molar-refractivity contribution >= 4 is 26.0 Å². The van der Waals surface area contributed by atoms with Gasteiger partial charge in [0, 0.05) is 11.0 Å². The standard InChI is InChI=1S/C16H18BrNO3S/c17-15-6-8-16(9-7-15)21-12-11-18-22(19,20)13-10-14-4-2-1-3-5-14/h1-9,18H,10-13H2. The summed E-state index contributed by atoms with van der Waals surface area (Å²) in [5, 5.41) is 0. The van der Waals surface area contributed by atoms with E-state index >= 15 is 0 Å². The highest BCUT2D eigenvalue weighted by atomic mass is 79.9. The Morgan fingerprint density at radius 1 is 1.00 bits per heavy atom. The first kappa shape index (κ1) is 17.0. The molecular weight excluding hydrogens is 366 g/mol. The Labute approximate surface area is 139 Å². The molecule has 0 aliphatic carbocycles. The van der Waals surface area contributed by atoms with Crippen LogP contribution in [0.1, 0.15) is 5.56 Å². The first-order valence-corrected chi connectivity index (χ1v) is 9.39. The van der Waals surface area contributed by atoms with Crippen LogP contribution in [0, 0.1) is 0 Å². The van der Waals surface area contributed by atoms with E-state index in [0.29, 0.717) is 18.8 Å². The summed E-state index contributed by atoms with van der Waals surface area (Å²) in [7, 11) is -3.28. The summed E-state index contributed by atoms with van der Waals surface area (Å²) in [4.78, 5) is 0. The Hall–Kier alpha value is -1.37. The van der Waals surface area contributed by atoms with Crippen LogP contribution >= 0.6 is 15.9 Å². The molecule has 2 aromatic carbocycles. The predicted octanol–water partition coefficient (Wildman–Crippen LogP) is 2.99. The van der Waals surface area contributed by atoms with E-state index in [9.17, 15) is 8.42 Å². The van der Waals surface area contributed by atoms with Gasteiger partial charge in [0.2, 0.25) is 10.0 Å². The molecule has 0 saturated carbocycles. The number of rotatable bonds is 8. The zero-order valence-corrected chi connectivity index (χ0v) is 14.4. The van der Waals surface area contributed by atoms with Gasteiger partial charge in [-0.05, 0) is 36.2 Å². The fourth-order valence-electron chi connectivity index (χ4n) is 1.87. The van der Waals surface area contributed by atoms with Gasteiger partial charge in [0.1, 0.15) is 12.4 Å². The van der Waals surface area contributed by atoms with E-state index in [2.05, 4.69) is 20.7 Å². The van der Waals surface area contributed by atoms with Crippen molar-refractivity contribution in [3.05, 3.63) is 64.6 Å². The molecule has 2 rings (SSSR count). The lowest BCUT2D eigenvalue weighted by Gasteiger charge is -2.08. The van der Waals surface area contributed by atoms with Crippen molar-refractivity contribution in [2.75, 3.05) is 18.9 Å². The van der Waals surface area contributed by atoms with E-state index in [0.717, 1.165) is 10.0 Å². The molecule has 0 aromatic heterocycles. The largest absolute Gasteiger partial charge is 0.492 e. The molecule has 2 aromatic rings. The van der Waals surface area contributed by atoms with Crippen molar-refractivity contribution in [1.82, 2.24) is 4.72 Å². The number of sulfonamides is 1. The van der Waals surface area contributed by atoms with Gasteiger partial charge < -0.3 is 4.74 Å². The molecule has 0 atom stereocenters. The van der Waals surface area contributed by atoms with Gasteiger partial charge in [-0.2, -0.15) is 0 Å². The van der Waals surface area contributed by atoms with Crippen LogP contribution in [0.15, 0.2) is 59.1 Å². The minimum absolute atomic E-state index is 0.0787. The Bertz CT molecular complexity index is 672. The molecule has 0 bridgehead atoms. The van der Waals surface area contributed by atoms with Crippen molar-refractivity contribution in [3.8, 4) is 5.75 Å². The molecule has 0 spiro atoms. The zero-order chi connectivity index (χ0) is 15.8. The van der Waals surface area contributed by atoms with Crippen LogP contribution in [-0.2, 0) is 16.4 Å². The summed E-state index contributed by atoms with van der Waals surface area (Å²) in [6.07, 6.45) is 0.504. The van der Waals surface area contributed by atoms with Crippen LogP contribution < -0.4 is 9.46 Å². The van der Waals surface area contributed by atoms with Crippen LogP contribution in [0.3, 0.4) is 0 Å². The molecule has 0 saturated heterocycles. The van der Waals surface area contributed by atoms with Crippen molar-refractivity contribution in [3.63, 3.8) is 0 Å². The number of aryl methyl sites for hydroxylation is 1. The van der Waals surface area contributed by atoms with E-state index in [4.69, 9.17) is 4.74 Å². The topological polar surface area (TPSA) is 55.4 Å². The van der Waals surface area contributed by atoms with Crippen LogP contribution in [0.5, 0.6) is 5.75 Å². The highest BCUT2D eigenvalue weighted by molar-refractivity contribution is 9.10. The molecule has 0 heterocycles. The van der Waals surface area contributed by atoms with Crippen molar-refractivity contribution in [2.45, 2.75) is 6.42 Å². The van der Waals surface area contributed by atoms with Gasteiger partial charge in [0.15, 0.2) is 0 Å². The molecule has 0 fully saturated rings. The predicted molar refractivity (Wildman–Crippen MR) is 91.6 cm³/mol. The fraction of sp³-hybridized carbons (Fsp3) is 0.250. The average Bonchev–Trinajstić information content (AvgIpc) is 2.52. The normalized spacial score (nSPS) is 11.3. The minimum Gasteiger partial charge on any atom is -0.492 e. The second-order valence-electron chi connectivity index (χ2n) is 4.75. The maximum absolute atomic E-state index is 11.9. The molecule has 0 aliphatic heterocycles. The molecule has 0 aliphatic rings. The van der Waals surface area contributed by atoms with Gasteiger partial charge in [-0.25, -0.2) is 13.1 Å². The van der Waals surface area contributed by atoms with Crippen LogP contribution in [0.4, 0.5) is 0 Å². The maximum Gasteiger partial charge on any atom is 0.212 e. The van der Waals surface area contributed by atoms with Crippen LogP contribution in [0.25, 0.3) is 0 Å². The van der Waals surface area contributed by atoms with Gasteiger partial charge in [-0.3, -0.25) is 0 Å². The molecule has 0 unspecified atom stereocenters. The van der Waals surface area contributed by atoms with E-state index in [-0.39, 0.29) is 12.3 Å². The van der Waals surface area contributed by atoms with Crippen molar-refractivity contribution in [1.29, 1.82) is 0 Å². The molecule has 4 nitrogen and oxygen atoms in total. The molecule has 118 valence electrons. The van der Waals surface area contributed by atoms with Crippen LogP contribution in [-0.4, -0.2) is 27.3 Å². The lowest BCUT2D eigenvalue weighted by Crippen LogP contribution is -2.31. The lowest BCUT2D eigenvalue weighted by molar-refractivity contribution is 0.323. The van der Waals surface area contributed by atoms with E-state index < -0.39 is 10.0 Å². The van der Waals surface area contributed by atoms with Gasteiger partial charge in [-0.1, -0.05) is 46.3 Å². The number of hydrogen-bond donors (Lipinski definition) is 1. The summed E-state index contributed by atoms with van der Waals surface area (Å²) in [6.45, 7) is 0.555. The van der Waals surface area contributed by atoms with Crippen molar-refractivity contribution < 1.29 is 13.2 Å². The zero-order valence-electron chi connectivity index (χ0n) is 12.0. The summed E-state index contributed by atoms with van der Waals surface area (Å²) in [5.41, 5.74) is 1.01. The van der Waals surface area contributed by atoms with Crippen molar-refractivity contribution in [2.24, 2.45) is 0 Å². The molecule has 22 heavy (non-hydrogen) atoms. The Kier molecular flexibility index (Phi) is 6.42. The lowest BCUT2D eigenvalue weighted by atomic mass is 10.2. The Morgan fingerprint density at radius 2 is 1.68 bits per heavy atom. The van der Waals surface area contributed by atoms with E-state index in [1.165, 1.54) is 0 Å². The van der Waals surface area contributed by atoms with E-state index in [1.54, 1.807) is 0 Å². The fourth-order valence-corrected chi connectivity index (χ4v) is 3.17. The second kappa shape index (κ2) is 8.31. The number of hydrogen-bond acceptors (Lipinski definition) is 3. The first-order chi connectivity index (χ1) is 10.6. The number of ether oxygens (including phenoxy) is 1. The van der Waals surface area contributed by atoms with Gasteiger partial charge in [0.25, 0.3) is 0 Å². The van der Waals surface area contributed by atoms with Crippen LogP contribution in [0.2, 0.25) is 0 Å². The second-order valence-corrected chi connectivity index (χ2v) is 7.59. The Morgan fingerprint density at radius 3 is 2.36 bits per heavy atom. The maximum atomic E-state index is 11.9. The SMILES string of the molecule is O=S(=O)(CCc1ccccc1)NCCOc1ccc(Br)cc1. The average molecular weight is 384 g/mol. The van der Waals surface area contributed by atoms with Gasteiger partial charge >= 0.3 is 0 Å². The molecule has 0 radical (unpaired) electrons. The number of halogens is 1. The molecule has 1 N–H and O–H groups in total. The molecule has 6 heteroatoms.